The van der Waals surface area contributed by atoms with Gasteiger partial charge >= 0.3 is 0 Å². The van der Waals surface area contributed by atoms with E-state index in [1.165, 1.54) is 24.2 Å². The van der Waals surface area contributed by atoms with Crippen molar-refractivity contribution in [3.63, 3.8) is 0 Å². The van der Waals surface area contributed by atoms with E-state index in [-0.39, 0.29) is 0 Å². The Morgan fingerprint density at radius 2 is 2.43 bits per heavy atom. The van der Waals surface area contributed by atoms with Crippen LogP contribution in [-0.2, 0) is 6.42 Å². The molecule has 1 aromatic rings. The molecule has 2 aliphatic rings. The Hall–Kier alpha value is -0.410. The van der Waals surface area contributed by atoms with Gasteiger partial charge in [0.25, 0.3) is 0 Å². The fourth-order valence-corrected chi connectivity index (χ4v) is 3.41. The molecule has 0 radical (unpaired) electrons. The molecule has 3 heteroatoms. The molecular formula is C11H15NOS. The molecule has 0 amide bonds. The van der Waals surface area contributed by atoms with Crippen LogP contribution in [0, 0.1) is 0 Å². The predicted molar refractivity (Wildman–Crippen MR) is 58.6 cm³/mol. The van der Waals surface area contributed by atoms with Crippen molar-refractivity contribution in [2.45, 2.75) is 30.1 Å². The molecule has 3 rings (SSSR count). The van der Waals surface area contributed by atoms with Crippen LogP contribution in [0.5, 0.6) is 0 Å². The van der Waals surface area contributed by atoms with E-state index in [4.69, 9.17) is 4.42 Å². The Kier molecular flexibility index (Phi) is 1.92. The Labute approximate surface area is 88.4 Å². The summed E-state index contributed by atoms with van der Waals surface area (Å²) >= 11 is 2.01. The zero-order valence-corrected chi connectivity index (χ0v) is 9.19. The number of furan rings is 1. The molecule has 1 unspecified atom stereocenters. The third-order valence-corrected chi connectivity index (χ3v) is 4.92. The Morgan fingerprint density at radius 1 is 1.57 bits per heavy atom. The van der Waals surface area contributed by atoms with Crippen LogP contribution in [0.15, 0.2) is 16.7 Å². The summed E-state index contributed by atoms with van der Waals surface area (Å²) in [5, 5.41) is 3.63. The summed E-state index contributed by atoms with van der Waals surface area (Å²) in [6.45, 7) is 1.06. The maximum absolute atomic E-state index is 5.50. The Morgan fingerprint density at radius 3 is 3.14 bits per heavy atom. The molecule has 0 spiro atoms. The third kappa shape index (κ3) is 1.15. The molecule has 2 nitrogen and oxygen atoms in total. The van der Waals surface area contributed by atoms with E-state index in [0.29, 0.717) is 10.8 Å². The quantitative estimate of drug-likeness (QED) is 0.809. The van der Waals surface area contributed by atoms with Gasteiger partial charge in [-0.3, -0.25) is 0 Å². The normalized spacial score (nSPS) is 28.5. The van der Waals surface area contributed by atoms with Crippen molar-refractivity contribution in [3.05, 3.63) is 23.7 Å². The SMILES string of the molecule is CSC1(C2NCCc3occc32)CC1. The van der Waals surface area contributed by atoms with E-state index in [1.54, 1.807) is 0 Å². The zero-order chi connectivity index (χ0) is 9.60. The first-order valence-electron chi connectivity index (χ1n) is 5.20. The van der Waals surface area contributed by atoms with E-state index < -0.39 is 0 Å². The molecule has 76 valence electrons. The molecule has 0 aromatic carbocycles. The van der Waals surface area contributed by atoms with Crippen molar-refractivity contribution in [3.8, 4) is 0 Å². The molecule has 1 atom stereocenters. The third-order valence-electron chi connectivity index (χ3n) is 3.47. The lowest BCUT2D eigenvalue weighted by molar-refractivity contribution is 0.421. The smallest absolute Gasteiger partial charge is 0.109 e. The van der Waals surface area contributed by atoms with Crippen molar-refractivity contribution in [1.82, 2.24) is 5.32 Å². The molecular weight excluding hydrogens is 194 g/mol. The number of fused-ring (bicyclic) bond motifs is 1. The molecule has 2 heterocycles. The molecule has 14 heavy (non-hydrogen) atoms. The van der Waals surface area contributed by atoms with E-state index in [9.17, 15) is 0 Å². The Bertz CT molecular complexity index is 343. The summed E-state index contributed by atoms with van der Waals surface area (Å²) in [5.41, 5.74) is 1.41. The van der Waals surface area contributed by atoms with Gasteiger partial charge in [-0.2, -0.15) is 11.8 Å². The topological polar surface area (TPSA) is 25.2 Å². The van der Waals surface area contributed by atoms with Crippen LogP contribution in [0.4, 0.5) is 0 Å². The minimum atomic E-state index is 0.471. The number of hydrogen-bond acceptors (Lipinski definition) is 3. The van der Waals surface area contributed by atoms with Crippen molar-refractivity contribution < 1.29 is 4.42 Å². The first kappa shape index (κ1) is 8.86. The van der Waals surface area contributed by atoms with Crippen molar-refractivity contribution in [2.24, 2.45) is 0 Å². The predicted octanol–water partition coefficient (Wildman–Crippen LogP) is 2.36. The van der Waals surface area contributed by atoms with Crippen LogP contribution in [0.3, 0.4) is 0 Å². The summed E-state index contributed by atoms with van der Waals surface area (Å²) in [4.78, 5) is 0. The second kappa shape index (κ2) is 3.04. The van der Waals surface area contributed by atoms with Crippen LogP contribution in [0.2, 0.25) is 0 Å². The summed E-state index contributed by atoms with van der Waals surface area (Å²) < 4.78 is 5.98. The van der Waals surface area contributed by atoms with Crippen molar-refractivity contribution in [2.75, 3.05) is 12.8 Å². The molecule has 0 bridgehead atoms. The molecule has 1 N–H and O–H groups in total. The Balaban J connectivity index is 1.96. The average molecular weight is 209 g/mol. The number of rotatable bonds is 2. The minimum Gasteiger partial charge on any atom is -0.469 e. The zero-order valence-electron chi connectivity index (χ0n) is 8.38. The lowest BCUT2D eigenvalue weighted by Crippen LogP contribution is -2.36. The van der Waals surface area contributed by atoms with Gasteiger partial charge in [-0.1, -0.05) is 0 Å². The number of nitrogens with one attached hydrogen (secondary N) is 1. The largest absolute Gasteiger partial charge is 0.469 e. The second-order valence-electron chi connectivity index (χ2n) is 4.21. The van der Waals surface area contributed by atoms with Gasteiger partial charge in [0.15, 0.2) is 0 Å². The number of thioether (sulfide) groups is 1. The lowest BCUT2D eigenvalue weighted by atomic mass is 9.97. The van der Waals surface area contributed by atoms with Crippen LogP contribution >= 0.6 is 11.8 Å². The van der Waals surface area contributed by atoms with Gasteiger partial charge in [-0.15, -0.1) is 0 Å². The van der Waals surface area contributed by atoms with Gasteiger partial charge in [0.2, 0.25) is 0 Å². The highest BCUT2D eigenvalue weighted by Gasteiger charge is 2.51. The van der Waals surface area contributed by atoms with E-state index in [0.717, 1.165) is 13.0 Å². The maximum atomic E-state index is 5.50. The first-order valence-corrected chi connectivity index (χ1v) is 6.43. The van der Waals surface area contributed by atoms with Crippen LogP contribution < -0.4 is 5.32 Å². The van der Waals surface area contributed by atoms with Crippen LogP contribution in [0.25, 0.3) is 0 Å². The average Bonchev–Trinajstić information content (AvgIpc) is 2.87. The van der Waals surface area contributed by atoms with Crippen molar-refractivity contribution in [1.29, 1.82) is 0 Å². The lowest BCUT2D eigenvalue weighted by Gasteiger charge is -2.30. The van der Waals surface area contributed by atoms with Gasteiger partial charge in [0.1, 0.15) is 5.76 Å². The highest BCUT2D eigenvalue weighted by molar-refractivity contribution is 8.00. The van der Waals surface area contributed by atoms with E-state index in [2.05, 4.69) is 17.6 Å². The van der Waals surface area contributed by atoms with Gasteiger partial charge < -0.3 is 9.73 Å². The molecule has 1 aliphatic carbocycles. The van der Waals surface area contributed by atoms with Crippen LogP contribution in [0.1, 0.15) is 30.2 Å². The summed E-state index contributed by atoms with van der Waals surface area (Å²) in [7, 11) is 0. The van der Waals surface area contributed by atoms with Crippen LogP contribution in [-0.4, -0.2) is 17.5 Å². The summed E-state index contributed by atoms with van der Waals surface area (Å²) in [6, 6.07) is 2.67. The van der Waals surface area contributed by atoms with Gasteiger partial charge in [0.05, 0.1) is 12.3 Å². The molecule has 0 saturated heterocycles. The first-order chi connectivity index (χ1) is 6.86. The molecule has 1 saturated carbocycles. The van der Waals surface area contributed by atoms with Crippen molar-refractivity contribution >= 4 is 11.8 Å². The minimum absolute atomic E-state index is 0.471. The second-order valence-corrected chi connectivity index (χ2v) is 5.43. The fraction of sp³-hybridized carbons (Fsp3) is 0.636. The highest BCUT2D eigenvalue weighted by Crippen LogP contribution is 2.56. The van der Waals surface area contributed by atoms with E-state index in [1.807, 2.05) is 18.0 Å². The standard InChI is InChI=1S/C11H15NOS/c1-14-11(4-5-11)10-8-3-7-13-9(8)2-6-12-10/h3,7,10,12H,2,4-6H2,1H3. The van der Waals surface area contributed by atoms with Gasteiger partial charge in [-0.25, -0.2) is 0 Å². The highest BCUT2D eigenvalue weighted by atomic mass is 32.2. The van der Waals surface area contributed by atoms with Gasteiger partial charge in [-0.05, 0) is 25.2 Å². The van der Waals surface area contributed by atoms with E-state index >= 15 is 0 Å². The summed E-state index contributed by atoms with van der Waals surface area (Å²) in [6.07, 6.45) is 7.79. The number of hydrogen-bond donors (Lipinski definition) is 1. The maximum Gasteiger partial charge on any atom is 0.109 e. The molecule has 1 aromatic heterocycles. The molecule has 1 aliphatic heterocycles. The fourth-order valence-electron chi connectivity index (χ4n) is 2.45. The molecule has 1 fully saturated rings. The van der Waals surface area contributed by atoms with Gasteiger partial charge in [0, 0.05) is 23.3 Å². The summed E-state index contributed by atoms with van der Waals surface area (Å²) in [5.74, 6) is 1.20. The monoisotopic (exact) mass is 209 g/mol.